The largest absolute Gasteiger partial charge is 0.338 e. The number of fused-ring (bicyclic) bond motifs is 1. The summed E-state index contributed by atoms with van der Waals surface area (Å²) in [6.07, 6.45) is 3.40. The minimum absolute atomic E-state index is 0.0603. The lowest BCUT2D eigenvalue weighted by Gasteiger charge is -2.38. The highest BCUT2D eigenvalue weighted by Gasteiger charge is 2.36. The van der Waals surface area contributed by atoms with Crippen molar-refractivity contribution >= 4 is 27.1 Å². The highest BCUT2D eigenvalue weighted by molar-refractivity contribution is 7.91. The normalized spacial score (nSPS) is 23.2. The average Bonchev–Trinajstić information content (AvgIpc) is 3.35. The van der Waals surface area contributed by atoms with Crippen molar-refractivity contribution in [2.24, 2.45) is 0 Å². The van der Waals surface area contributed by atoms with Crippen LogP contribution in [0.25, 0.3) is 0 Å². The summed E-state index contributed by atoms with van der Waals surface area (Å²) in [7, 11) is -3.02. The molecule has 2 aromatic rings. The first kappa shape index (κ1) is 21.5. The van der Waals surface area contributed by atoms with Crippen LogP contribution in [0.3, 0.4) is 0 Å². The van der Waals surface area contributed by atoms with Crippen molar-refractivity contribution in [3.05, 3.63) is 57.8 Å². The molecule has 1 aromatic carbocycles. The quantitative estimate of drug-likeness (QED) is 0.653. The van der Waals surface area contributed by atoms with Crippen molar-refractivity contribution in [2.75, 3.05) is 31.1 Å². The summed E-state index contributed by atoms with van der Waals surface area (Å²) in [4.78, 5) is 19.0. The van der Waals surface area contributed by atoms with E-state index in [1.807, 2.05) is 23.1 Å². The number of carbonyl (C=O) groups is 1. The van der Waals surface area contributed by atoms with E-state index in [1.54, 1.807) is 11.3 Å². The number of sulfone groups is 1. The highest BCUT2D eigenvalue weighted by atomic mass is 32.2. The van der Waals surface area contributed by atoms with E-state index in [0.717, 1.165) is 25.8 Å². The lowest BCUT2D eigenvalue weighted by atomic mass is 9.93. The van der Waals surface area contributed by atoms with Gasteiger partial charge in [0, 0.05) is 24.0 Å². The van der Waals surface area contributed by atoms with Crippen molar-refractivity contribution in [3.63, 3.8) is 0 Å². The molecule has 1 saturated heterocycles. The van der Waals surface area contributed by atoms with E-state index in [9.17, 15) is 13.2 Å². The molecule has 1 fully saturated rings. The second kappa shape index (κ2) is 9.20. The molecule has 1 amide bonds. The summed E-state index contributed by atoms with van der Waals surface area (Å²) < 4.78 is 24.1. The predicted molar refractivity (Wildman–Crippen MR) is 122 cm³/mol. The molecule has 0 radical (unpaired) electrons. The summed E-state index contributed by atoms with van der Waals surface area (Å²) >= 11 is 1.79. The van der Waals surface area contributed by atoms with Crippen molar-refractivity contribution < 1.29 is 13.2 Å². The van der Waals surface area contributed by atoms with Gasteiger partial charge in [-0.3, -0.25) is 9.69 Å². The lowest BCUT2D eigenvalue weighted by molar-refractivity contribution is -0.135. The third-order valence-corrected chi connectivity index (χ3v) is 8.99. The monoisotopic (exact) mass is 446 g/mol. The maximum absolute atomic E-state index is 13.4. The van der Waals surface area contributed by atoms with E-state index < -0.39 is 9.84 Å². The first-order valence-electron chi connectivity index (χ1n) is 10.8. The second-order valence-corrected chi connectivity index (χ2v) is 11.6. The summed E-state index contributed by atoms with van der Waals surface area (Å²) in [5, 5.41) is 2.14. The summed E-state index contributed by atoms with van der Waals surface area (Å²) in [6.45, 7) is 3.91. The van der Waals surface area contributed by atoms with Crippen LogP contribution in [-0.4, -0.2) is 61.3 Å². The fourth-order valence-corrected chi connectivity index (χ4v) is 7.32. The van der Waals surface area contributed by atoms with E-state index in [0.29, 0.717) is 19.5 Å². The van der Waals surface area contributed by atoms with Crippen LogP contribution in [0.5, 0.6) is 0 Å². The number of amides is 1. The Morgan fingerprint density at radius 3 is 2.73 bits per heavy atom. The molecule has 7 heteroatoms. The number of thiophene rings is 1. The fraction of sp³-hybridized carbons (Fsp3) is 0.522. The van der Waals surface area contributed by atoms with Gasteiger partial charge < -0.3 is 4.90 Å². The molecule has 2 aliphatic heterocycles. The first-order valence-corrected chi connectivity index (χ1v) is 13.5. The van der Waals surface area contributed by atoms with Gasteiger partial charge in [0.1, 0.15) is 0 Å². The predicted octanol–water partition coefficient (Wildman–Crippen LogP) is 3.51. The lowest BCUT2D eigenvalue weighted by Crippen LogP contribution is -2.48. The van der Waals surface area contributed by atoms with Crippen LogP contribution in [-0.2, 0) is 21.1 Å². The molecule has 0 unspecified atom stereocenters. The van der Waals surface area contributed by atoms with E-state index in [2.05, 4.69) is 35.4 Å². The zero-order valence-corrected chi connectivity index (χ0v) is 19.1. The third-order valence-electron chi connectivity index (χ3n) is 6.24. The summed E-state index contributed by atoms with van der Waals surface area (Å²) in [5.41, 5.74) is 2.50. The topological polar surface area (TPSA) is 57.7 Å². The van der Waals surface area contributed by atoms with Gasteiger partial charge in [0.15, 0.2) is 9.84 Å². The van der Waals surface area contributed by atoms with Gasteiger partial charge in [0.05, 0.1) is 24.1 Å². The number of rotatable bonds is 7. The van der Waals surface area contributed by atoms with Crippen LogP contribution in [0.4, 0.5) is 0 Å². The van der Waals surface area contributed by atoms with E-state index in [-0.39, 0.29) is 29.5 Å². The molecule has 0 aliphatic carbocycles. The number of unbranched alkanes of at least 4 members (excludes halogenated alkanes) is 1. The molecule has 0 N–H and O–H groups in total. The van der Waals surface area contributed by atoms with Crippen LogP contribution in [0.1, 0.15) is 48.2 Å². The molecule has 4 rings (SSSR count). The Kier molecular flexibility index (Phi) is 6.60. The molecule has 2 atom stereocenters. The van der Waals surface area contributed by atoms with Crippen LogP contribution < -0.4 is 0 Å². The number of nitrogens with zero attached hydrogens (tertiary/aromatic N) is 2. The molecule has 1 aromatic heterocycles. The Morgan fingerprint density at radius 1 is 1.23 bits per heavy atom. The minimum atomic E-state index is -3.02. The molecule has 0 bridgehead atoms. The number of hydrogen-bond acceptors (Lipinski definition) is 5. The molecule has 0 spiro atoms. The summed E-state index contributed by atoms with van der Waals surface area (Å²) in [5.74, 6) is 0.367. The number of carbonyl (C=O) groups excluding carboxylic acids is 1. The summed E-state index contributed by atoms with van der Waals surface area (Å²) in [6, 6.07) is 12.5. The van der Waals surface area contributed by atoms with E-state index in [1.165, 1.54) is 16.0 Å². The smallest absolute Gasteiger partial charge is 0.237 e. The standard InChI is InChI=1S/C23H30N2O3S2/c1-2-3-12-25(19-11-15-30(27,28)17-19)22(26)16-24-13-9-21-20(10-14-29-21)23(24)18-7-5-4-6-8-18/h4-8,10,14,19,23H,2-3,9,11-13,15-17H2,1H3/t19-,23+/m0/s1. The minimum Gasteiger partial charge on any atom is -0.338 e. The Hall–Kier alpha value is -1.70. The van der Waals surface area contributed by atoms with Gasteiger partial charge >= 0.3 is 0 Å². The van der Waals surface area contributed by atoms with Gasteiger partial charge in [-0.15, -0.1) is 11.3 Å². The van der Waals surface area contributed by atoms with Crippen molar-refractivity contribution in [1.29, 1.82) is 0 Å². The van der Waals surface area contributed by atoms with Crippen molar-refractivity contribution in [2.45, 2.75) is 44.7 Å². The zero-order valence-electron chi connectivity index (χ0n) is 17.5. The van der Waals surface area contributed by atoms with E-state index in [4.69, 9.17) is 0 Å². The maximum atomic E-state index is 13.4. The molecule has 162 valence electrons. The van der Waals surface area contributed by atoms with Gasteiger partial charge in [-0.1, -0.05) is 43.7 Å². The van der Waals surface area contributed by atoms with Crippen LogP contribution >= 0.6 is 11.3 Å². The number of hydrogen-bond donors (Lipinski definition) is 0. The molecule has 30 heavy (non-hydrogen) atoms. The molecule has 2 aliphatic rings. The van der Waals surface area contributed by atoms with Gasteiger partial charge in [0.2, 0.25) is 5.91 Å². The van der Waals surface area contributed by atoms with Crippen LogP contribution in [0.2, 0.25) is 0 Å². The van der Waals surface area contributed by atoms with Crippen LogP contribution in [0.15, 0.2) is 41.8 Å². The van der Waals surface area contributed by atoms with Crippen molar-refractivity contribution in [3.8, 4) is 0 Å². The molecular formula is C23H30N2O3S2. The third kappa shape index (κ3) is 4.63. The average molecular weight is 447 g/mol. The van der Waals surface area contributed by atoms with Crippen LogP contribution in [0, 0.1) is 0 Å². The molecule has 0 saturated carbocycles. The zero-order chi connectivity index (χ0) is 21.1. The second-order valence-electron chi connectivity index (χ2n) is 8.33. The molecule has 3 heterocycles. The molecular weight excluding hydrogens is 416 g/mol. The Bertz CT molecular complexity index is 971. The van der Waals surface area contributed by atoms with Gasteiger partial charge in [0.25, 0.3) is 0 Å². The van der Waals surface area contributed by atoms with Gasteiger partial charge in [-0.05, 0) is 41.8 Å². The van der Waals surface area contributed by atoms with Crippen molar-refractivity contribution in [1.82, 2.24) is 9.80 Å². The number of benzene rings is 1. The van der Waals surface area contributed by atoms with E-state index >= 15 is 0 Å². The van der Waals surface area contributed by atoms with Gasteiger partial charge in [-0.2, -0.15) is 0 Å². The Balaban J connectivity index is 1.56. The maximum Gasteiger partial charge on any atom is 0.237 e. The van der Waals surface area contributed by atoms with Gasteiger partial charge in [-0.25, -0.2) is 8.42 Å². The first-order chi connectivity index (χ1) is 14.5. The SMILES string of the molecule is CCCCN(C(=O)CN1CCc2sccc2[C@H]1c1ccccc1)[C@H]1CCS(=O)(=O)C1. The highest BCUT2D eigenvalue weighted by Crippen LogP contribution is 2.37. The molecule has 5 nitrogen and oxygen atoms in total. The fourth-order valence-electron chi connectivity index (χ4n) is 4.69. The Labute approximate surface area is 183 Å². The Morgan fingerprint density at radius 2 is 2.03 bits per heavy atom.